The fourth-order valence-electron chi connectivity index (χ4n) is 0.830. The monoisotopic (exact) mass is 169 g/mol. The molecule has 0 amide bonds. The SMILES string of the molecule is Clc1ccc(NC2CC2)nn1. The standard InChI is InChI=1S/C7H8ClN3/c8-6-3-4-7(11-10-6)9-5-1-2-5/h3-5H,1-2H2,(H,9,11). The van der Waals surface area contributed by atoms with Crippen molar-refractivity contribution in [2.24, 2.45) is 0 Å². The Morgan fingerprint density at radius 2 is 2.18 bits per heavy atom. The van der Waals surface area contributed by atoms with Crippen LogP contribution in [0.15, 0.2) is 12.1 Å². The molecular weight excluding hydrogens is 162 g/mol. The fourth-order valence-corrected chi connectivity index (χ4v) is 0.931. The zero-order valence-corrected chi connectivity index (χ0v) is 6.67. The Morgan fingerprint density at radius 3 is 2.73 bits per heavy atom. The van der Waals surface area contributed by atoms with Gasteiger partial charge in [-0.05, 0) is 25.0 Å². The van der Waals surface area contributed by atoms with Crippen LogP contribution in [-0.2, 0) is 0 Å². The van der Waals surface area contributed by atoms with Gasteiger partial charge in [-0.2, -0.15) is 0 Å². The van der Waals surface area contributed by atoms with Crippen molar-refractivity contribution in [2.75, 3.05) is 5.32 Å². The predicted octanol–water partition coefficient (Wildman–Crippen LogP) is 1.70. The average Bonchev–Trinajstić information content (AvgIpc) is 2.78. The number of halogens is 1. The van der Waals surface area contributed by atoms with Crippen molar-refractivity contribution in [3.63, 3.8) is 0 Å². The van der Waals surface area contributed by atoms with Gasteiger partial charge in [-0.25, -0.2) is 0 Å². The Morgan fingerprint density at radius 1 is 1.36 bits per heavy atom. The maximum Gasteiger partial charge on any atom is 0.151 e. The first kappa shape index (κ1) is 6.85. The molecule has 0 unspecified atom stereocenters. The smallest absolute Gasteiger partial charge is 0.151 e. The molecule has 1 heterocycles. The molecule has 1 aliphatic carbocycles. The van der Waals surface area contributed by atoms with E-state index < -0.39 is 0 Å². The van der Waals surface area contributed by atoms with Crippen LogP contribution in [0, 0.1) is 0 Å². The van der Waals surface area contributed by atoms with Gasteiger partial charge < -0.3 is 5.32 Å². The van der Waals surface area contributed by atoms with Crippen LogP contribution in [0.2, 0.25) is 5.15 Å². The molecule has 1 aromatic rings. The summed E-state index contributed by atoms with van der Waals surface area (Å²) in [6.07, 6.45) is 2.48. The molecule has 11 heavy (non-hydrogen) atoms. The van der Waals surface area contributed by atoms with Crippen LogP contribution in [0.4, 0.5) is 5.82 Å². The van der Waals surface area contributed by atoms with Crippen molar-refractivity contribution in [1.29, 1.82) is 0 Å². The highest BCUT2D eigenvalue weighted by Crippen LogP contribution is 2.23. The molecule has 3 nitrogen and oxygen atoms in total. The van der Waals surface area contributed by atoms with Crippen molar-refractivity contribution >= 4 is 17.4 Å². The summed E-state index contributed by atoms with van der Waals surface area (Å²) in [5, 5.41) is 11.2. The van der Waals surface area contributed by atoms with Crippen molar-refractivity contribution in [3.05, 3.63) is 17.3 Å². The minimum atomic E-state index is 0.436. The Kier molecular flexibility index (Phi) is 1.66. The van der Waals surface area contributed by atoms with E-state index in [4.69, 9.17) is 11.6 Å². The van der Waals surface area contributed by atoms with Gasteiger partial charge in [0.2, 0.25) is 0 Å². The zero-order chi connectivity index (χ0) is 7.68. The molecule has 0 bridgehead atoms. The first-order chi connectivity index (χ1) is 5.34. The number of aromatic nitrogens is 2. The van der Waals surface area contributed by atoms with Crippen LogP contribution in [0.25, 0.3) is 0 Å². The molecule has 2 rings (SSSR count). The third-order valence-corrected chi connectivity index (χ3v) is 1.76. The lowest BCUT2D eigenvalue weighted by Crippen LogP contribution is -2.03. The van der Waals surface area contributed by atoms with Crippen molar-refractivity contribution < 1.29 is 0 Å². The summed E-state index contributed by atoms with van der Waals surface area (Å²) in [6.45, 7) is 0. The van der Waals surface area contributed by atoms with E-state index in [0.29, 0.717) is 11.2 Å². The van der Waals surface area contributed by atoms with Gasteiger partial charge in [-0.15, -0.1) is 10.2 Å². The Hall–Kier alpha value is -0.830. The first-order valence-electron chi connectivity index (χ1n) is 3.60. The molecule has 0 atom stereocenters. The predicted molar refractivity (Wildman–Crippen MR) is 43.7 cm³/mol. The normalized spacial score (nSPS) is 16.5. The van der Waals surface area contributed by atoms with Crippen molar-refractivity contribution in [3.8, 4) is 0 Å². The molecular formula is C7H8ClN3. The molecule has 0 aliphatic heterocycles. The second-order valence-electron chi connectivity index (χ2n) is 2.66. The van der Waals surface area contributed by atoms with E-state index in [9.17, 15) is 0 Å². The first-order valence-corrected chi connectivity index (χ1v) is 3.98. The molecule has 0 saturated heterocycles. The van der Waals surface area contributed by atoms with E-state index in [0.717, 1.165) is 5.82 Å². The molecule has 1 aromatic heterocycles. The van der Waals surface area contributed by atoms with Crippen LogP contribution in [0.1, 0.15) is 12.8 Å². The van der Waals surface area contributed by atoms with Crippen LogP contribution in [0.3, 0.4) is 0 Å². The number of hydrogen-bond acceptors (Lipinski definition) is 3. The van der Waals surface area contributed by atoms with Crippen molar-refractivity contribution in [1.82, 2.24) is 10.2 Å². The number of hydrogen-bond donors (Lipinski definition) is 1. The summed E-state index contributed by atoms with van der Waals surface area (Å²) in [5.74, 6) is 0.817. The minimum Gasteiger partial charge on any atom is -0.366 e. The molecule has 1 N–H and O–H groups in total. The number of rotatable bonds is 2. The van der Waals surface area contributed by atoms with Gasteiger partial charge >= 0.3 is 0 Å². The third-order valence-electron chi connectivity index (χ3n) is 1.56. The van der Waals surface area contributed by atoms with Crippen LogP contribution in [0.5, 0.6) is 0 Å². The Balaban J connectivity index is 2.06. The van der Waals surface area contributed by atoms with Gasteiger partial charge in [0.25, 0.3) is 0 Å². The fraction of sp³-hybridized carbons (Fsp3) is 0.429. The van der Waals surface area contributed by atoms with E-state index in [2.05, 4.69) is 15.5 Å². The van der Waals surface area contributed by atoms with Crippen LogP contribution < -0.4 is 5.32 Å². The molecule has 1 saturated carbocycles. The molecule has 4 heteroatoms. The lowest BCUT2D eigenvalue weighted by atomic mass is 10.5. The maximum atomic E-state index is 5.56. The second kappa shape index (κ2) is 2.66. The maximum absolute atomic E-state index is 5.56. The summed E-state index contributed by atoms with van der Waals surface area (Å²) >= 11 is 5.56. The molecule has 1 fully saturated rings. The lowest BCUT2D eigenvalue weighted by Gasteiger charge is -1.99. The second-order valence-corrected chi connectivity index (χ2v) is 3.05. The van der Waals surface area contributed by atoms with Gasteiger partial charge in [-0.1, -0.05) is 11.6 Å². The number of nitrogens with zero attached hydrogens (tertiary/aromatic N) is 2. The van der Waals surface area contributed by atoms with Gasteiger partial charge in [0.15, 0.2) is 5.15 Å². The highest BCUT2D eigenvalue weighted by Gasteiger charge is 2.21. The van der Waals surface area contributed by atoms with E-state index in [-0.39, 0.29) is 0 Å². The Bertz CT molecular complexity index is 242. The quantitative estimate of drug-likeness (QED) is 0.733. The molecule has 0 spiro atoms. The Labute approximate surface area is 69.8 Å². The molecule has 58 valence electrons. The topological polar surface area (TPSA) is 37.8 Å². The van der Waals surface area contributed by atoms with Crippen molar-refractivity contribution in [2.45, 2.75) is 18.9 Å². The van der Waals surface area contributed by atoms with E-state index in [1.54, 1.807) is 6.07 Å². The summed E-state index contributed by atoms with van der Waals surface area (Å²) < 4.78 is 0. The van der Waals surface area contributed by atoms with E-state index in [1.165, 1.54) is 12.8 Å². The van der Waals surface area contributed by atoms with E-state index in [1.807, 2.05) is 6.07 Å². The largest absolute Gasteiger partial charge is 0.366 e. The number of nitrogens with one attached hydrogen (secondary N) is 1. The van der Waals surface area contributed by atoms with E-state index >= 15 is 0 Å². The van der Waals surface area contributed by atoms with Crippen LogP contribution in [-0.4, -0.2) is 16.2 Å². The highest BCUT2D eigenvalue weighted by atomic mass is 35.5. The zero-order valence-electron chi connectivity index (χ0n) is 5.92. The molecule has 0 radical (unpaired) electrons. The lowest BCUT2D eigenvalue weighted by molar-refractivity contribution is 0.999. The van der Waals surface area contributed by atoms with Gasteiger partial charge in [-0.3, -0.25) is 0 Å². The third kappa shape index (κ3) is 1.80. The summed E-state index contributed by atoms with van der Waals surface area (Å²) in [7, 11) is 0. The molecule has 1 aliphatic rings. The summed E-state index contributed by atoms with van der Waals surface area (Å²) in [6, 6.07) is 4.19. The summed E-state index contributed by atoms with van der Waals surface area (Å²) in [5.41, 5.74) is 0. The van der Waals surface area contributed by atoms with Gasteiger partial charge in [0.1, 0.15) is 5.82 Å². The number of anilines is 1. The van der Waals surface area contributed by atoms with Crippen LogP contribution >= 0.6 is 11.6 Å². The highest BCUT2D eigenvalue weighted by molar-refractivity contribution is 6.29. The molecule has 0 aromatic carbocycles. The average molecular weight is 170 g/mol. The minimum absolute atomic E-state index is 0.436. The van der Waals surface area contributed by atoms with Gasteiger partial charge in [0.05, 0.1) is 0 Å². The van der Waals surface area contributed by atoms with Gasteiger partial charge in [0, 0.05) is 6.04 Å². The summed E-state index contributed by atoms with van der Waals surface area (Å²) in [4.78, 5) is 0.